The molecule has 0 atom stereocenters. The van der Waals surface area contributed by atoms with Crippen molar-refractivity contribution in [3.05, 3.63) is 50.7 Å². The Bertz CT molecular complexity index is 662. The molecule has 0 aliphatic heterocycles. The normalized spacial score (nSPS) is 10.5. The highest BCUT2D eigenvalue weighted by atomic mass is 79.9. The zero-order valence-electron chi connectivity index (χ0n) is 11.2. The van der Waals surface area contributed by atoms with Gasteiger partial charge in [-0.15, -0.1) is 0 Å². The Labute approximate surface area is 121 Å². The van der Waals surface area contributed by atoms with E-state index in [0.717, 1.165) is 27.0 Å². The van der Waals surface area contributed by atoms with E-state index < -0.39 is 0 Å². The quantitative estimate of drug-likeness (QED) is 0.866. The van der Waals surface area contributed by atoms with Crippen LogP contribution in [0.3, 0.4) is 0 Å². The molecule has 0 aliphatic carbocycles. The first-order valence-corrected chi connectivity index (χ1v) is 6.93. The van der Waals surface area contributed by atoms with Crippen LogP contribution in [0.4, 0.5) is 0 Å². The van der Waals surface area contributed by atoms with Gasteiger partial charge in [-0.25, -0.2) is 0 Å². The molecule has 0 N–H and O–H groups in total. The van der Waals surface area contributed by atoms with Crippen LogP contribution in [0.5, 0.6) is 5.75 Å². The molecule has 0 aliphatic rings. The molecule has 0 fully saturated rings. The second-order valence-electron chi connectivity index (χ2n) is 4.34. The number of halogens is 1. The number of aromatic nitrogens is 1. The van der Waals surface area contributed by atoms with E-state index >= 15 is 0 Å². The lowest BCUT2D eigenvalue weighted by Crippen LogP contribution is -2.20. The van der Waals surface area contributed by atoms with Crippen LogP contribution in [-0.2, 0) is 7.05 Å². The van der Waals surface area contributed by atoms with E-state index in [1.807, 2.05) is 44.2 Å². The second kappa shape index (κ2) is 5.61. The largest absolute Gasteiger partial charge is 0.494 e. The van der Waals surface area contributed by atoms with Gasteiger partial charge in [-0.2, -0.15) is 0 Å². The average Bonchev–Trinajstić information content (AvgIpc) is 2.38. The predicted molar refractivity (Wildman–Crippen MR) is 80.7 cm³/mol. The molecule has 3 nitrogen and oxygen atoms in total. The van der Waals surface area contributed by atoms with E-state index in [1.165, 1.54) is 0 Å². The van der Waals surface area contributed by atoms with Gasteiger partial charge in [0.1, 0.15) is 5.75 Å². The van der Waals surface area contributed by atoms with Gasteiger partial charge in [0.05, 0.1) is 12.3 Å². The fraction of sp³-hybridized carbons (Fsp3) is 0.267. The number of ether oxygens (including phenoxy) is 1. The maximum absolute atomic E-state index is 12.0. The number of benzene rings is 1. The minimum atomic E-state index is 0.0262. The lowest BCUT2D eigenvalue weighted by Gasteiger charge is -2.12. The molecule has 0 radical (unpaired) electrons. The first-order chi connectivity index (χ1) is 9.04. The van der Waals surface area contributed by atoms with Gasteiger partial charge < -0.3 is 9.30 Å². The second-order valence-corrected chi connectivity index (χ2v) is 5.19. The molecule has 0 unspecified atom stereocenters. The minimum absolute atomic E-state index is 0.0262. The summed E-state index contributed by atoms with van der Waals surface area (Å²) in [5, 5.41) is 0. The molecule has 0 amide bonds. The van der Waals surface area contributed by atoms with Crippen molar-refractivity contribution in [3.63, 3.8) is 0 Å². The molecule has 0 saturated carbocycles. The summed E-state index contributed by atoms with van der Waals surface area (Å²) >= 11 is 3.54. The number of rotatable bonds is 3. The molecule has 0 spiro atoms. The summed E-state index contributed by atoms with van der Waals surface area (Å²) in [7, 11) is 1.79. The minimum Gasteiger partial charge on any atom is -0.494 e. The summed E-state index contributed by atoms with van der Waals surface area (Å²) < 4.78 is 8.03. The van der Waals surface area contributed by atoms with Gasteiger partial charge in [0.15, 0.2) is 0 Å². The lowest BCUT2D eigenvalue weighted by molar-refractivity contribution is 0.340. The molecule has 0 bridgehead atoms. The topological polar surface area (TPSA) is 31.2 Å². The van der Waals surface area contributed by atoms with E-state index in [1.54, 1.807) is 11.6 Å². The van der Waals surface area contributed by atoms with E-state index in [2.05, 4.69) is 15.9 Å². The Kier molecular flexibility index (Phi) is 4.10. The molecular weight excluding hydrogens is 306 g/mol. The summed E-state index contributed by atoms with van der Waals surface area (Å²) in [4.78, 5) is 12.0. The SMILES string of the molecule is CCOc1ccc(-c2ccc(C)c(=O)n2C)c(Br)c1. The van der Waals surface area contributed by atoms with Crippen molar-refractivity contribution in [2.75, 3.05) is 6.61 Å². The van der Waals surface area contributed by atoms with Crippen LogP contribution in [0.1, 0.15) is 12.5 Å². The highest BCUT2D eigenvalue weighted by molar-refractivity contribution is 9.10. The molecule has 19 heavy (non-hydrogen) atoms. The molecule has 2 rings (SSSR count). The molecular formula is C15H16BrNO2. The molecule has 4 heteroatoms. The maximum Gasteiger partial charge on any atom is 0.253 e. The highest BCUT2D eigenvalue weighted by Crippen LogP contribution is 2.30. The Morgan fingerprint density at radius 3 is 2.63 bits per heavy atom. The third kappa shape index (κ3) is 2.73. The molecule has 1 heterocycles. The summed E-state index contributed by atoms with van der Waals surface area (Å²) in [5.74, 6) is 0.815. The van der Waals surface area contributed by atoms with Crippen LogP contribution < -0.4 is 10.3 Å². The Morgan fingerprint density at radius 2 is 2.00 bits per heavy atom. The standard InChI is InChI=1S/C15H16BrNO2/c1-4-19-11-6-7-12(13(16)9-11)14-8-5-10(2)15(18)17(14)3/h5-9H,4H2,1-3H3. The highest BCUT2D eigenvalue weighted by Gasteiger charge is 2.09. The van der Waals surface area contributed by atoms with E-state index in [9.17, 15) is 4.79 Å². The lowest BCUT2D eigenvalue weighted by atomic mass is 10.1. The first kappa shape index (κ1) is 13.9. The van der Waals surface area contributed by atoms with Crippen molar-refractivity contribution in [1.29, 1.82) is 0 Å². The average molecular weight is 322 g/mol. The van der Waals surface area contributed by atoms with Crippen LogP contribution in [0, 0.1) is 6.92 Å². The van der Waals surface area contributed by atoms with Crippen molar-refractivity contribution in [1.82, 2.24) is 4.57 Å². The van der Waals surface area contributed by atoms with Crippen LogP contribution in [0.25, 0.3) is 11.3 Å². The summed E-state index contributed by atoms with van der Waals surface area (Å²) in [6.45, 7) is 4.40. The van der Waals surface area contributed by atoms with Crippen LogP contribution in [0.15, 0.2) is 39.6 Å². The fourth-order valence-electron chi connectivity index (χ4n) is 1.99. The van der Waals surface area contributed by atoms with Crippen molar-refractivity contribution < 1.29 is 4.74 Å². The molecule has 0 saturated heterocycles. The van der Waals surface area contributed by atoms with Crippen LogP contribution in [0.2, 0.25) is 0 Å². The Morgan fingerprint density at radius 1 is 1.26 bits per heavy atom. The van der Waals surface area contributed by atoms with Crippen molar-refractivity contribution >= 4 is 15.9 Å². The van der Waals surface area contributed by atoms with Gasteiger partial charge in [-0.3, -0.25) is 4.79 Å². The van der Waals surface area contributed by atoms with Gasteiger partial charge in [-0.05, 0) is 54.0 Å². The monoisotopic (exact) mass is 321 g/mol. The van der Waals surface area contributed by atoms with Crippen molar-refractivity contribution in [2.45, 2.75) is 13.8 Å². The summed E-state index contributed by atoms with van der Waals surface area (Å²) in [6.07, 6.45) is 0. The maximum atomic E-state index is 12.0. The number of hydrogen-bond donors (Lipinski definition) is 0. The predicted octanol–water partition coefficient (Wildman–Crippen LogP) is 3.52. The zero-order chi connectivity index (χ0) is 14.0. The van der Waals surface area contributed by atoms with E-state index in [-0.39, 0.29) is 5.56 Å². The molecule has 1 aromatic heterocycles. The number of pyridine rings is 1. The van der Waals surface area contributed by atoms with Gasteiger partial charge in [0, 0.05) is 22.6 Å². The van der Waals surface area contributed by atoms with Crippen LogP contribution in [-0.4, -0.2) is 11.2 Å². The summed E-state index contributed by atoms with van der Waals surface area (Å²) in [5.41, 5.74) is 2.63. The Hall–Kier alpha value is -1.55. The third-order valence-corrected chi connectivity index (χ3v) is 3.68. The Balaban J connectivity index is 2.54. The van der Waals surface area contributed by atoms with Crippen LogP contribution >= 0.6 is 15.9 Å². The third-order valence-electron chi connectivity index (χ3n) is 3.02. The van der Waals surface area contributed by atoms with Gasteiger partial charge in [0.25, 0.3) is 5.56 Å². The van der Waals surface area contributed by atoms with Crippen molar-refractivity contribution in [2.24, 2.45) is 7.05 Å². The van der Waals surface area contributed by atoms with Crippen molar-refractivity contribution in [3.8, 4) is 17.0 Å². The number of nitrogens with zero attached hydrogens (tertiary/aromatic N) is 1. The zero-order valence-corrected chi connectivity index (χ0v) is 12.8. The van der Waals surface area contributed by atoms with Gasteiger partial charge in [0.2, 0.25) is 0 Å². The van der Waals surface area contributed by atoms with Gasteiger partial charge in [-0.1, -0.05) is 6.07 Å². The molecule has 1 aromatic carbocycles. The van der Waals surface area contributed by atoms with E-state index in [0.29, 0.717) is 6.61 Å². The first-order valence-electron chi connectivity index (χ1n) is 6.14. The molecule has 100 valence electrons. The van der Waals surface area contributed by atoms with Gasteiger partial charge >= 0.3 is 0 Å². The summed E-state index contributed by atoms with van der Waals surface area (Å²) in [6, 6.07) is 9.59. The fourth-order valence-corrected chi connectivity index (χ4v) is 2.55. The number of aryl methyl sites for hydroxylation is 1. The smallest absolute Gasteiger partial charge is 0.253 e. The molecule has 2 aromatic rings. The van der Waals surface area contributed by atoms with E-state index in [4.69, 9.17) is 4.74 Å². The number of hydrogen-bond acceptors (Lipinski definition) is 2.